The molecule has 2 aliphatic rings. The molecule has 36 heavy (non-hydrogen) atoms. The number of benzene rings is 3. The molecule has 184 valence electrons. The lowest BCUT2D eigenvalue weighted by Gasteiger charge is -2.35. The molecule has 1 amide bonds. The Kier molecular flexibility index (Phi) is 7.28. The number of nitrogens with one attached hydrogen (secondary N) is 1. The minimum atomic E-state index is -0.896. The predicted molar refractivity (Wildman–Crippen MR) is 151 cm³/mol. The van der Waals surface area contributed by atoms with Gasteiger partial charge in [0.15, 0.2) is 5.11 Å². The van der Waals surface area contributed by atoms with Crippen LogP contribution in [0.25, 0.3) is 0 Å². The minimum absolute atomic E-state index is 0.206. The van der Waals surface area contributed by atoms with E-state index in [0.717, 1.165) is 37.1 Å². The van der Waals surface area contributed by atoms with Gasteiger partial charge < -0.3 is 15.1 Å². The molecule has 0 aromatic heterocycles. The van der Waals surface area contributed by atoms with Gasteiger partial charge in [0.05, 0.1) is 11.4 Å². The van der Waals surface area contributed by atoms with Crippen LogP contribution in [0.4, 0.5) is 5.69 Å². The topological polar surface area (TPSA) is 47.9 Å². The number of fused-ring (bicyclic) bond motifs is 1. The Bertz CT molecular complexity index is 1320. The predicted octanol–water partition coefficient (Wildman–Crippen LogP) is 5.89. The molecule has 0 aliphatic carbocycles. The molecule has 0 saturated carbocycles. The van der Waals surface area contributed by atoms with Crippen LogP contribution in [-0.4, -0.2) is 47.9 Å². The molecule has 3 aromatic rings. The zero-order valence-corrected chi connectivity index (χ0v) is 22.2. The largest absolute Gasteiger partial charge is 0.349 e. The highest BCUT2D eigenvalue weighted by Gasteiger charge is 2.32. The highest BCUT2D eigenvalue weighted by atomic mass is 35.5. The molecule has 1 saturated heterocycles. The van der Waals surface area contributed by atoms with Crippen molar-refractivity contribution in [3.8, 4) is 0 Å². The number of aliphatic imine (C=N–C) groups is 1. The fraction of sp³-hybridized carbons (Fsp3) is 0.250. The SMILES string of the molecule is CN1C(=O)C(NC(=S)N2CCC(c3ccccc3)CC2)N=C(c2ccccc2Cl)c2cc(Cl)ccc21. The number of nitrogens with zero attached hydrogens (tertiary/aromatic N) is 3. The number of rotatable bonds is 3. The molecule has 0 radical (unpaired) electrons. The first-order chi connectivity index (χ1) is 17.4. The Hall–Kier alpha value is -2.93. The van der Waals surface area contributed by atoms with Crippen molar-refractivity contribution in [3.63, 3.8) is 0 Å². The lowest BCUT2D eigenvalue weighted by molar-refractivity contribution is -0.119. The van der Waals surface area contributed by atoms with Crippen LogP contribution in [0.1, 0.15) is 35.4 Å². The van der Waals surface area contributed by atoms with Crippen LogP contribution in [0.5, 0.6) is 0 Å². The van der Waals surface area contributed by atoms with Crippen molar-refractivity contribution in [3.05, 3.63) is 99.5 Å². The summed E-state index contributed by atoms with van der Waals surface area (Å²) in [4.78, 5) is 22.1. The number of hydrogen-bond donors (Lipinski definition) is 1. The van der Waals surface area contributed by atoms with Crippen LogP contribution in [-0.2, 0) is 4.79 Å². The number of likely N-dealkylation sites (tertiary alicyclic amines) is 1. The van der Waals surface area contributed by atoms with Gasteiger partial charge in [0, 0.05) is 41.3 Å². The highest BCUT2D eigenvalue weighted by Crippen LogP contribution is 2.32. The Morgan fingerprint density at radius 3 is 2.39 bits per heavy atom. The molecular formula is C28H26Cl2N4OS. The Morgan fingerprint density at radius 1 is 0.972 bits per heavy atom. The number of carbonyl (C=O) groups is 1. The summed E-state index contributed by atoms with van der Waals surface area (Å²) in [6.07, 6.45) is 1.11. The van der Waals surface area contributed by atoms with Crippen molar-refractivity contribution in [1.82, 2.24) is 10.2 Å². The third-order valence-corrected chi connectivity index (χ3v) is 7.78. The third-order valence-electron chi connectivity index (χ3n) is 6.84. The van der Waals surface area contributed by atoms with Gasteiger partial charge in [-0.05, 0) is 60.8 Å². The van der Waals surface area contributed by atoms with Crippen LogP contribution in [0.2, 0.25) is 10.0 Å². The van der Waals surface area contributed by atoms with Crippen LogP contribution in [0.3, 0.4) is 0 Å². The lowest BCUT2D eigenvalue weighted by Crippen LogP contribution is -2.52. The van der Waals surface area contributed by atoms with Gasteiger partial charge in [-0.1, -0.05) is 71.7 Å². The maximum atomic E-state index is 13.5. The molecule has 5 rings (SSSR count). The lowest BCUT2D eigenvalue weighted by atomic mass is 9.90. The Labute approximate surface area is 226 Å². The molecule has 0 bridgehead atoms. The van der Waals surface area contributed by atoms with Crippen LogP contribution in [0, 0.1) is 0 Å². The maximum Gasteiger partial charge on any atom is 0.272 e. The van der Waals surface area contributed by atoms with E-state index in [1.54, 1.807) is 18.0 Å². The number of piperidine rings is 1. The van der Waals surface area contributed by atoms with Crippen molar-refractivity contribution < 1.29 is 4.79 Å². The average Bonchev–Trinajstić information content (AvgIpc) is 3.00. The fourth-order valence-corrected chi connectivity index (χ4v) is 5.55. The third kappa shape index (κ3) is 4.99. The number of anilines is 1. The van der Waals surface area contributed by atoms with Gasteiger partial charge in [0.25, 0.3) is 5.91 Å². The summed E-state index contributed by atoms with van der Waals surface area (Å²) < 4.78 is 0. The molecule has 1 atom stereocenters. The van der Waals surface area contributed by atoms with Gasteiger partial charge in [-0.15, -0.1) is 0 Å². The van der Waals surface area contributed by atoms with E-state index in [1.165, 1.54) is 5.56 Å². The van der Waals surface area contributed by atoms with E-state index >= 15 is 0 Å². The summed E-state index contributed by atoms with van der Waals surface area (Å²) in [5.41, 5.74) is 4.14. The zero-order valence-electron chi connectivity index (χ0n) is 19.8. The van der Waals surface area contributed by atoms with Crippen LogP contribution >= 0.6 is 35.4 Å². The molecule has 2 aliphatic heterocycles. The maximum absolute atomic E-state index is 13.5. The zero-order chi connectivity index (χ0) is 25.2. The number of thiocarbonyl (C=S) groups is 1. The van der Waals surface area contributed by atoms with E-state index in [2.05, 4.69) is 34.5 Å². The molecule has 0 spiro atoms. The highest BCUT2D eigenvalue weighted by molar-refractivity contribution is 7.80. The van der Waals surface area contributed by atoms with Crippen molar-refractivity contribution in [2.75, 3.05) is 25.0 Å². The second kappa shape index (κ2) is 10.6. The second-order valence-corrected chi connectivity index (χ2v) is 10.3. The van der Waals surface area contributed by atoms with Gasteiger partial charge in [-0.25, -0.2) is 4.99 Å². The van der Waals surface area contributed by atoms with E-state index in [-0.39, 0.29) is 5.91 Å². The molecule has 5 nitrogen and oxygen atoms in total. The molecule has 1 unspecified atom stereocenters. The van der Waals surface area contributed by atoms with E-state index in [9.17, 15) is 4.79 Å². The van der Waals surface area contributed by atoms with E-state index < -0.39 is 6.17 Å². The van der Waals surface area contributed by atoms with E-state index in [4.69, 9.17) is 40.4 Å². The monoisotopic (exact) mass is 536 g/mol. The van der Waals surface area contributed by atoms with Crippen molar-refractivity contribution in [2.24, 2.45) is 4.99 Å². The van der Waals surface area contributed by atoms with Gasteiger partial charge in [-0.2, -0.15) is 0 Å². The van der Waals surface area contributed by atoms with Crippen molar-refractivity contribution >= 4 is 57.8 Å². The first kappa shape index (κ1) is 24.8. The second-order valence-electron chi connectivity index (χ2n) is 9.04. The summed E-state index contributed by atoms with van der Waals surface area (Å²) in [6, 6.07) is 23.5. The molecule has 3 aromatic carbocycles. The fourth-order valence-electron chi connectivity index (χ4n) is 4.86. The number of hydrogen-bond acceptors (Lipinski definition) is 3. The summed E-state index contributed by atoms with van der Waals surface area (Å²) in [6.45, 7) is 1.64. The number of amides is 1. The number of likely N-dealkylation sites (N-methyl/N-ethyl adjacent to an activating group) is 1. The Balaban J connectivity index is 1.41. The summed E-state index contributed by atoms with van der Waals surface area (Å²) in [5, 5.41) is 4.86. The number of carbonyl (C=O) groups excluding carboxylic acids is 1. The molecular weight excluding hydrogens is 511 g/mol. The summed E-state index contributed by atoms with van der Waals surface area (Å²) in [5.74, 6) is 0.308. The standard InChI is InChI=1S/C28H26Cl2N4OS/c1-33-24-12-11-20(29)17-22(24)25(21-9-5-6-10-23(21)30)31-26(27(33)35)32-28(36)34-15-13-19(14-16-34)18-7-3-2-4-8-18/h2-12,17,19,26H,13-16H2,1H3,(H,32,36). The minimum Gasteiger partial charge on any atom is -0.349 e. The van der Waals surface area contributed by atoms with Gasteiger partial charge in [0.1, 0.15) is 0 Å². The van der Waals surface area contributed by atoms with Gasteiger partial charge >= 0.3 is 0 Å². The molecule has 1 N–H and O–H groups in total. The molecule has 8 heteroatoms. The van der Waals surface area contributed by atoms with E-state index in [0.29, 0.717) is 32.5 Å². The smallest absolute Gasteiger partial charge is 0.272 e. The summed E-state index contributed by atoms with van der Waals surface area (Å²) in [7, 11) is 1.74. The van der Waals surface area contributed by atoms with Crippen molar-refractivity contribution in [1.29, 1.82) is 0 Å². The Morgan fingerprint density at radius 2 is 1.67 bits per heavy atom. The molecule has 1 fully saturated rings. The number of benzodiazepines with no additional fused rings is 1. The molecule has 2 heterocycles. The van der Waals surface area contributed by atoms with Crippen molar-refractivity contribution in [2.45, 2.75) is 24.9 Å². The van der Waals surface area contributed by atoms with Crippen LogP contribution in [0.15, 0.2) is 77.8 Å². The number of halogens is 2. The van der Waals surface area contributed by atoms with Gasteiger partial charge in [-0.3, -0.25) is 4.79 Å². The average molecular weight is 538 g/mol. The first-order valence-corrected chi connectivity index (χ1v) is 13.1. The normalized spacial score (nSPS) is 18.4. The quantitative estimate of drug-likeness (QED) is 0.424. The van der Waals surface area contributed by atoms with Gasteiger partial charge in [0.2, 0.25) is 6.17 Å². The van der Waals surface area contributed by atoms with Crippen LogP contribution < -0.4 is 10.2 Å². The summed E-state index contributed by atoms with van der Waals surface area (Å²) >= 11 is 18.7. The first-order valence-electron chi connectivity index (χ1n) is 11.9. The van der Waals surface area contributed by atoms with E-state index in [1.807, 2.05) is 42.5 Å².